The van der Waals surface area contributed by atoms with Gasteiger partial charge in [0.1, 0.15) is 0 Å². The maximum atomic E-state index is 10.1. The molecule has 0 rings (SSSR count). The summed E-state index contributed by atoms with van der Waals surface area (Å²) in [6, 6.07) is 0. The first-order valence-corrected chi connectivity index (χ1v) is 4.72. The van der Waals surface area contributed by atoms with Gasteiger partial charge in [0.05, 0.1) is 6.10 Å². The standard InChI is InChI=1S/C5H13O4P.Cu/c1-5(9-2)3-4-10(6,7)8;/h5H,3-4H2,1-2H3,(H2,6,7,8);/q;+2/p-2. The van der Waals surface area contributed by atoms with E-state index in [-0.39, 0.29) is 35.8 Å². The minimum absolute atomic E-state index is 0. The molecule has 0 saturated heterocycles. The van der Waals surface area contributed by atoms with E-state index >= 15 is 0 Å². The SMILES string of the molecule is COC(C)CCP(=O)([O-])[O-].[Cu+2]. The smallest absolute Gasteiger partial charge is 0.811 e. The quantitative estimate of drug-likeness (QED) is 0.473. The van der Waals surface area contributed by atoms with Crippen LogP contribution >= 0.6 is 7.60 Å². The molecule has 0 saturated carbocycles. The fraction of sp³-hybridized carbons (Fsp3) is 1.00. The Morgan fingerprint density at radius 1 is 1.55 bits per heavy atom. The molecule has 1 unspecified atom stereocenters. The van der Waals surface area contributed by atoms with Crippen LogP contribution in [-0.4, -0.2) is 19.4 Å². The second-order valence-corrected chi connectivity index (χ2v) is 3.84. The van der Waals surface area contributed by atoms with Gasteiger partial charge in [-0.2, -0.15) is 0 Å². The summed E-state index contributed by atoms with van der Waals surface area (Å²) >= 11 is 0. The normalized spacial score (nSPS) is 13.8. The number of rotatable bonds is 4. The molecule has 1 atom stereocenters. The van der Waals surface area contributed by atoms with Crippen LogP contribution in [0, 0.1) is 0 Å². The summed E-state index contributed by atoms with van der Waals surface area (Å²) in [5.74, 6) is 0. The molecule has 0 aliphatic carbocycles. The molecule has 4 nitrogen and oxygen atoms in total. The van der Waals surface area contributed by atoms with E-state index in [9.17, 15) is 14.4 Å². The second-order valence-electron chi connectivity index (χ2n) is 2.17. The predicted molar refractivity (Wildman–Crippen MR) is 33.6 cm³/mol. The van der Waals surface area contributed by atoms with E-state index in [2.05, 4.69) is 0 Å². The van der Waals surface area contributed by atoms with Crippen LogP contribution in [0.5, 0.6) is 0 Å². The van der Waals surface area contributed by atoms with Gasteiger partial charge < -0.3 is 19.1 Å². The van der Waals surface area contributed by atoms with Gasteiger partial charge in [0, 0.05) is 7.11 Å². The molecular weight excluding hydrogens is 219 g/mol. The minimum atomic E-state index is -4.31. The summed E-state index contributed by atoms with van der Waals surface area (Å²) in [5.41, 5.74) is 0. The summed E-state index contributed by atoms with van der Waals surface area (Å²) in [4.78, 5) is 20.1. The molecule has 0 aliphatic rings. The maximum Gasteiger partial charge on any atom is 2.00 e. The molecule has 0 aromatic heterocycles. The molecule has 0 amide bonds. The minimum Gasteiger partial charge on any atom is -0.811 e. The molecule has 0 N–H and O–H groups in total. The molecule has 0 aliphatic heterocycles. The summed E-state index contributed by atoms with van der Waals surface area (Å²) in [6.45, 7) is 1.72. The Morgan fingerprint density at radius 2 is 2.00 bits per heavy atom. The zero-order chi connectivity index (χ0) is 8.20. The largest absolute Gasteiger partial charge is 2.00 e. The molecular formula is C5H11CuO4P. The number of ether oxygens (including phenoxy) is 1. The zero-order valence-electron chi connectivity index (χ0n) is 6.37. The van der Waals surface area contributed by atoms with E-state index in [1.807, 2.05) is 0 Å². The monoisotopic (exact) mass is 229 g/mol. The Morgan fingerprint density at radius 3 is 2.27 bits per heavy atom. The summed E-state index contributed by atoms with van der Waals surface area (Å²) in [7, 11) is -2.84. The Bertz CT molecular complexity index is 134. The average molecular weight is 230 g/mol. The molecule has 1 radical (unpaired) electrons. The number of hydrogen-bond acceptors (Lipinski definition) is 4. The first kappa shape index (κ1) is 14.2. The van der Waals surface area contributed by atoms with E-state index in [4.69, 9.17) is 4.74 Å². The summed E-state index contributed by atoms with van der Waals surface area (Å²) in [5, 5.41) is 0. The van der Waals surface area contributed by atoms with Crippen LogP contribution in [0.25, 0.3) is 0 Å². The fourth-order valence-electron chi connectivity index (χ4n) is 0.458. The first-order valence-electron chi connectivity index (χ1n) is 2.99. The van der Waals surface area contributed by atoms with Gasteiger partial charge in [-0.1, -0.05) is 7.60 Å². The van der Waals surface area contributed by atoms with Crippen molar-refractivity contribution in [3.63, 3.8) is 0 Å². The van der Waals surface area contributed by atoms with Crippen LogP contribution in [-0.2, 0) is 26.4 Å². The average Bonchev–Trinajstić information content (AvgIpc) is 1.81. The summed E-state index contributed by atoms with van der Waals surface area (Å²) < 4.78 is 14.8. The van der Waals surface area contributed by atoms with Crippen molar-refractivity contribution in [2.75, 3.05) is 13.3 Å². The van der Waals surface area contributed by atoms with Gasteiger partial charge in [-0.15, -0.1) is 0 Å². The first-order chi connectivity index (χ1) is 4.45. The Labute approximate surface area is 77.0 Å². The van der Waals surface area contributed by atoms with Crippen LogP contribution in [0.3, 0.4) is 0 Å². The maximum absolute atomic E-state index is 10.1. The molecule has 11 heavy (non-hydrogen) atoms. The van der Waals surface area contributed by atoms with Crippen molar-refractivity contribution in [2.45, 2.75) is 19.4 Å². The van der Waals surface area contributed by atoms with Gasteiger partial charge in [-0.25, -0.2) is 0 Å². The van der Waals surface area contributed by atoms with Crippen LogP contribution in [0.1, 0.15) is 13.3 Å². The predicted octanol–water partition coefficient (Wildman–Crippen LogP) is -0.677. The van der Waals surface area contributed by atoms with Crippen molar-refractivity contribution >= 4 is 7.60 Å². The molecule has 0 spiro atoms. The van der Waals surface area contributed by atoms with Crippen molar-refractivity contribution in [3.05, 3.63) is 0 Å². The van der Waals surface area contributed by atoms with Gasteiger partial charge in [-0.05, 0) is 19.5 Å². The molecule has 0 heterocycles. The molecule has 0 aromatic rings. The van der Waals surface area contributed by atoms with Crippen LogP contribution < -0.4 is 9.79 Å². The summed E-state index contributed by atoms with van der Waals surface area (Å²) in [6.07, 6.45) is -0.195. The van der Waals surface area contributed by atoms with Crippen molar-refractivity contribution in [2.24, 2.45) is 0 Å². The van der Waals surface area contributed by atoms with E-state index in [0.29, 0.717) is 0 Å². The van der Waals surface area contributed by atoms with Gasteiger partial charge >= 0.3 is 17.1 Å². The molecule has 6 heteroatoms. The Balaban J connectivity index is 0. The van der Waals surface area contributed by atoms with Crippen molar-refractivity contribution in [1.29, 1.82) is 0 Å². The van der Waals surface area contributed by atoms with Crippen molar-refractivity contribution in [1.82, 2.24) is 0 Å². The third-order valence-corrected chi connectivity index (χ3v) is 2.02. The molecule has 0 aromatic carbocycles. The van der Waals surface area contributed by atoms with Crippen LogP contribution in [0.2, 0.25) is 0 Å². The molecule has 71 valence electrons. The number of hydrogen-bond donors (Lipinski definition) is 0. The Kier molecular flexibility index (Phi) is 7.96. The van der Waals surface area contributed by atoms with Gasteiger partial charge in [0.2, 0.25) is 0 Å². The third-order valence-electron chi connectivity index (χ3n) is 1.21. The Hall–Kier alpha value is 0.629. The van der Waals surface area contributed by atoms with Crippen molar-refractivity contribution < 1.29 is 36.2 Å². The van der Waals surface area contributed by atoms with E-state index in [1.54, 1.807) is 6.92 Å². The van der Waals surface area contributed by atoms with Crippen LogP contribution in [0.15, 0.2) is 0 Å². The third kappa shape index (κ3) is 10.6. The van der Waals surface area contributed by atoms with E-state index < -0.39 is 7.60 Å². The fourth-order valence-corrected chi connectivity index (χ4v) is 1.14. The molecule has 0 fully saturated rings. The van der Waals surface area contributed by atoms with Gasteiger partial charge in [-0.3, -0.25) is 0 Å². The van der Waals surface area contributed by atoms with Gasteiger partial charge in [0.25, 0.3) is 0 Å². The van der Waals surface area contributed by atoms with Crippen LogP contribution in [0.4, 0.5) is 0 Å². The topological polar surface area (TPSA) is 72.4 Å². The zero-order valence-corrected chi connectivity index (χ0v) is 8.21. The second kappa shape index (κ2) is 6.18. The van der Waals surface area contributed by atoms with Crippen molar-refractivity contribution in [3.8, 4) is 0 Å². The van der Waals surface area contributed by atoms with E-state index in [1.165, 1.54) is 7.11 Å². The number of methoxy groups -OCH3 is 1. The molecule has 0 bridgehead atoms. The van der Waals surface area contributed by atoms with Gasteiger partial charge in [0.15, 0.2) is 0 Å². The van der Waals surface area contributed by atoms with E-state index in [0.717, 1.165) is 0 Å².